The van der Waals surface area contributed by atoms with Gasteiger partial charge in [-0.15, -0.1) is 0 Å². The molecule has 42 heavy (non-hydrogen) atoms. The third-order valence-electron chi connectivity index (χ3n) is 6.30. The summed E-state index contributed by atoms with van der Waals surface area (Å²) < 4.78 is 132. The number of alkyl halides is 9. The van der Waals surface area contributed by atoms with E-state index in [0.29, 0.717) is 11.3 Å². The Morgan fingerprint density at radius 1 is 1.12 bits per heavy atom. The number of nitrogens with zero attached hydrogens (tertiary/aromatic N) is 5. The normalized spacial score (nSPS) is 14.5. The van der Waals surface area contributed by atoms with E-state index in [9.17, 15) is 44.3 Å². The monoisotopic (exact) mass is 633 g/mol. The number of ether oxygens (including phenoxy) is 2. The van der Waals surface area contributed by atoms with Crippen LogP contribution in [-0.4, -0.2) is 68.7 Å². The van der Waals surface area contributed by atoms with Gasteiger partial charge in [0.05, 0.1) is 16.8 Å². The summed E-state index contributed by atoms with van der Waals surface area (Å²) in [5, 5.41) is 6.85. The zero-order valence-corrected chi connectivity index (χ0v) is 22.4. The molecule has 1 amide bonds. The number of halogens is 10. The molecule has 1 fully saturated rings. The van der Waals surface area contributed by atoms with Gasteiger partial charge in [-0.2, -0.15) is 45.3 Å². The molecule has 0 unspecified atom stereocenters. The predicted molar refractivity (Wildman–Crippen MR) is 128 cm³/mol. The number of carbonyl (C=O) groups is 1. The number of benzene rings is 1. The molecule has 3 aromatic rings. The van der Waals surface area contributed by atoms with Gasteiger partial charge in [0.2, 0.25) is 0 Å². The molecular weight excluding hydrogens is 613 g/mol. The Balaban J connectivity index is 1.78. The Hall–Kier alpha value is -3.47. The van der Waals surface area contributed by atoms with Crippen LogP contribution in [0.2, 0.25) is 5.02 Å². The lowest BCUT2D eigenvalue weighted by Crippen LogP contribution is -2.51. The van der Waals surface area contributed by atoms with Crippen LogP contribution in [0, 0.1) is 0 Å². The minimum absolute atomic E-state index is 0.0140. The van der Waals surface area contributed by atoms with E-state index in [2.05, 4.69) is 14.9 Å². The lowest BCUT2D eigenvalue weighted by molar-refractivity contribution is -0.350. The van der Waals surface area contributed by atoms with Crippen LogP contribution in [0.15, 0.2) is 30.6 Å². The van der Waals surface area contributed by atoms with Crippen molar-refractivity contribution >= 4 is 17.5 Å². The van der Waals surface area contributed by atoms with E-state index in [4.69, 9.17) is 16.3 Å². The van der Waals surface area contributed by atoms with Gasteiger partial charge >= 0.3 is 24.6 Å². The van der Waals surface area contributed by atoms with E-state index in [0.717, 1.165) is 32.3 Å². The Kier molecular flexibility index (Phi) is 8.48. The zero-order chi connectivity index (χ0) is 31.2. The molecule has 0 spiro atoms. The fourth-order valence-corrected chi connectivity index (χ4v) is 4.32. The first-order valence-electron chi connectivity index (χ1n) is 12.1. The van der Waals surface area contributed by atoms with E-state index >= 15 is 0 Å². The first kappa shape index (κ1) is 31.5. The number of aryl methyl sites for hydroxylation is 1. The van der Waals surface area contributed by atoms with Crippen molar-refractivity contribution in [2.75, 3.05) is 13.3 Å². The number of rotatable bonds is 10. The van der Waals surface area contributed by atoms with Crippen LogP contribution >= 0.6 is 11.6 Å². The summed E-state index contributed by atoms with van der Waals surface area (Å²) in [6, 6.07) is 4.15. The van der Waals surface area contributed by atoms with Gasteiger partial charge in [-0.3, -0.25) is 4.79 Å². The van der Waals surface area contributed by atoms with Crippen LogP contribution < -0.4 is 4.74 Å². The van der Waals surface area contributed by atoms with Crippen molar-refractivity contribution < 1.29 is 53.8 Å². The molecule has 1 aliphatic carbocycles. The highest BCUT2D eigenvalue weighted by molar-refractivity contribution is 6.34. The van der Waals surface area contributed by atoms with Crippen LogP contribution in [0.4, 0.5) is 39.5 Å². The molecule has 2 aromatic heterocycles. The molecule has 18 heteroatoms. The van der Waals surface area contributed by atoms with E-state index in [1.165, 1.54) is 23.1 Å². The molecule has 2 heterocycles. The van der Waals surface area contributed by atoms with E-state index in [1.54, 1.807) is 6.92 Å². The second-order valence-electron chi connectivity index (χ2n) is 9.15. The summed E-state index contributed by atoms with van der Waals surface area (Å²) in [5.74, 6) is -3.25. The molecular formula is C24H21ClF9N5O3. The van der Waals surface area contributed by atoms with Crippen molar-refractivity contribution in [3.05, 3.63) is 46.9 Å². The van der Waals surface area contributed by atoms with Crippen molar-refractivity contribution in [1.29, 1.82) is 0 Å². The van der Waals surface area contributed by atoms with Gasteiger partial charge in [-0.1, -0.05) is 17.7 Å². The first-order valence-corrected chi connectivity index (χ1v) is 12.5. The molecule has 8 nitrogen and oxygen atoms in total. The minimum atomic E-state index is -6.64. The average molecular weight is 634 g/mol. The fraction of sp³-hybridized carbons (Fsp3) is 0.458. The minimum Gasteiger partial charge on any atom is -0.429 e. The smallest absolute Gasteiger partial charge is 0.429 e. The van der Waals surface area contributed by atoms with Crippen molar-refractivity contribution in [2.45, 2.75) is 50.4 Å². The number of amides is 1. The maximum atomic E-state index is 14.9. The molecule has 1 aromatic carbocycles. The molecule has 1 aliphatic rings. The van der Waals surface area contributed by atoms with Crippen LogP contribution in [0.25, 0.3) is 16.9 Å². The summed E-state index contributed by atoms with van der Waals surface area (Å²) in [6.07, 6.45) is -9.66. The van der Waals surface area contributed by atoms with Gasteiger partial charge in [-0.05, 0) is 37.5 Å². The largest absolute Gasteiger partial charge is 0.437 e. The Bertz CT molecular complexity index is 1440. The van der Waals surface area contributed by atoms with Crippen molar-refractivity contribution in [2.24, 2.45) is 7.05 Å². The molecule has 0 N–H and O–H groups in total. The third kappa shape index (κ3) is 5.75. The van der Waals surface area contributed by atoms with Gasteiger partial charge < -0.3 is 14.4 Å². The highest BCUT2D eigenvalue weighted by atomic mass is 35.5. The van der Waals surface area contributed by atoms with Gasteiger partial charge in [0.15, 0.2) is 17.3 Å². The standard InChI is InChI=1S/C24H21ClF9N5O3/c1-3-41-11-38(14-5-6-14)20(40)15-8-12(4-7-16(15)25)13-9-35-39(10-13)19-17(42-21(26)27)18(36-37(19)2)22(28,23(29,30)31)24(32,33)34/h4,7-10,14,21H,3,5-6,11H2,1-2H3. The van der Waals surface area contributed by atoms with E-state index in [-0.39, 0.29) is 39.2 Å². The third-order valence-corrected chi connectivity index (χ3v) is 6.63. The molecule has 0 atom stereocenters. The summed E-state index contributed by atoms with van der Waals surface area (Å²) in [5.41, 5.74) is -8.17. The predicted octanol–water partition coefficient (Wildman–Crippen LogP) is 6.42. The summed E-state index contributed by atoms with van der Waals surface area (Å²) in [7, 11) is 0.787. The first-order chi connectivity index (χ1) is 19.5. The average Bonchev–Trinajstić information content (AvgIpc) is 3.52. The van der Waals surface area contributed by atoms with Crippen molar-refractivity contribution in [1.82, 2.24) is 24.5 Å². The summed E-state index contributed by atoms with van der Waals surface area (Å²) in [6.45, 7) is -1.83. The van der Waals surface area contributed by atoms with Gasteiger partial charge in [0.1, 0.15) is 6.73 Å². The molecule has 0 radical (unpaired) electrons. The maximum absolute atomic E-state index is 14.9. The van der Waals surface area contributed by atoms with Gasteiger partial charge in [0, 0.05) is 31.5 Å². The topological polar surface area (TPSA) is 74.4 Å². The molecule has 1 saturated carbocycles. The zero-order valence-electron chi connectivity index (χ0n) is 21.6. The van der Waals surface area contributed by atoms with Gasteiger partial charge in [0.25, 0.3) is 5.91 Å². The lowest BCUT2D eigenvalue weighted by atomic mass is 9.99. The molecule has 0 saturated heterocycles. The van der Waals surface area contributed by atoms with Crippen LogP contribution in [-0.2, 0) is 17.5 Å². The molecule has 0 bridgehead atoms. The van der Waals surface area contributed by atoms with Crippen molar-refractivity contribution in [3.8, 4) is 22.7 Å². The maximum Gasteiger partial charge on any atom is 0.437 e. The quantitative estimate of drug-likeness (QED) is 0.190. The van der Waals surface area contributed by atoms with Crippen molar-refractivity contribution in [3.63, 3.8) is 0 Å². The SMILES string of the molecule is CCOCN(C(=O)c1cc(-c2cnn(-c3c(OC(F)F)c(C(F)(C(F)(F)F)C(F)(F)F)nn3C)c2)ccc1Cl)C1CC1. The Morgan fingerprint density at radius 2 is 1.76 bits per heavy atom. The number of hydrogen-bond acceptors (Lipinski definition) is 5. The number of aromatic nitrogens is 4. The highest BCUT2D eigenvalue weighted by Gasteiger charge is 2.76. The van der Waals surface area contributed by atoms with Gasteiger partial charge in [-0.25, -0.2) is 13.8 Å². The summed E-state index contributed by atoms with van der Waals surface area (Å²) in [4.78, 5) is 14.7. The Morgan fingerprint density at radius 3 is 2.31 bits per heavy atom. The highest BCUT2D eigenvalue weighted by Crippen LogP contribution is 2.56. The number of carbonyl (C=O) groups excluding carboxylic acids is 1. The lowest BCUT2D eigenvalue weighted by Gasteiger charge is -2.28. The van der Waals surface area contributed by atoms with Crippen LogP contribution in [0.5, 0.6) is 5.75 Å². The van der Waals surface area contributed by atoms with Crippen LogP contribution in [0.1, 0.15) is 35.8 Å². The van der Waals surface area contributed by atoms with E-state index in [1.807, 2.05) is 0 Å². The fourth-order valence-electron chi connectivity index (χ4n) is 4.12. The second kappa shape index (κ2) is 11.3. The van der Waals surface area contributed by atoms with E-state index < -0.39 is 47.8 Å². The molecule has 0 aliphatic heterocycles. The molecule has 230 valence electrons. The Labute approximate surface area is 236 Å². The van der Waals surface area contributed by atoms with Crippen LogP contribution in [0.3, 0.4) is 0 Å². The second-order valence-corrected chi connectivity index (χ2v) is 9.56. The number of hydrogen-bond donors (Lipinski definition) is 0. The molecule has 4 rings (SSSR count). The summed E-state index contributed by atoms with van der Waals surface area (Å²) >= 11 is 6.26.